The molecular weight excluding hydrogens is 320 g/mol. The molecule has 1 atom stereocenters. The molecule has 2 aromatic rings. The van der Waals surface area contributed by atoms with Gasteiger partial charge in [0.25, 0.3) is 0 Å². The number of ether oxygens (including phenoxy) is 2. The van der Waals surface area contributed by atoms with Crippen LogP contribution in [0.3, 0.4) is 0 Å². The Balaban J connectivity index is 1.56. The first-order valence-electron chi connectivity index (χ1n) is 8.11. The van der Waals surface area contributed by atoms with Gasteiger partial charge in [0.05, 0.1) is 19.6 Å². The number of amides is 2. The molecule has 6 nitrogen and oxygen atoms in total. The van der Waals surface area contributed by atoms with Gasteiger partial charge < -0.3 is 20.1 Å². The maximum absolute atomic E-state index is 12.5. The minimum absolute atomic E-state index is 0.149. The van der Waals surface area contributed by atoms with Gasteiger partial charge in [-0.05, 0) is 23.8 Å². The molecule has 2 N–H and O–H groups in total. The SMILES string of the molecule is COc1ccccc1OCCNC(=O)[C@@H]1CC(=O)Nc2ccccc21. The van der Waals surface area contributed by atoms with Gasteiger partial charge in [-0.1, -0.05) is 30.3 Å². The first-order valence-corrected chi connectivity index (χ1v) is 8.11. The number of carbonyl (C=O) groups excluding carboxylic acids is 2. The van der Waals surface area contributed by atoms with Gasteiger partial charge in [0.1, 0.15) is 6.61 Å². The predicted molar refractivity (Wildman–Crippen MR) is 93.9 cm³/mol. The fraction of sp³-hybridized carbons (Fsp3) is 0.263. The van der Waals surface area contributed by atoms with Crippen molar-refractivity contribution in [1.29, 1.82) is 0 Å². The molecular formula is C19H20N2O4. The van der Waals surface area contributed by atoms with Crippen LogP contribution in [0, 0.1) is 0 Å². The lowest BCUT2D eigenvalue weighted by atomic mass is 9.90. The zero-order valence-electron chi connectivity index (χ0n) is 14.0. The van der Waals surface area contributed by atoms with E-state index in [1.165, 1.54) is 0 Å². The minimum Gasteiger partial charge on any atom is -0.493 e. The molecule has 0 spiro atoms. The minimum atomic E-state index is -0.476. The molecule has 0 fully saturated rings. The third-order valence-corrected chi connectivity index (χ3v) is 4.04. The Morgan fingerprint density at radius 1 is 1.16 bits per heavy atom. The van der Waals surface area contributed by atoms with Crippen LogP contribution in [0.15, 0.2) is 48.5 Å². The topological polar surface area (TPSA) is 76.7 Å². The van der Waals surface area contributed by atoms with E-state index in [0.717, 1.165) is 5.56 Å². The number of rotatable bonds is 6. The highest BCUT2D eigenvalue weighted by atomic mass is 16.5. The molecule has 0 aromatic heterocycles. The van der Waals surface area contributed by atoms with E-state index >= 15 is 0 Å². The summed E-state index contributed by atoms with van der Waals surface area (Å²) >= 11 is 0. The Morgan fingerprint density at radius 3 is 2.68 bits per heavy atom. The Kier molecular flexibility index (Phi) is 5.18. The van der Waals surface area contributed by atoms with E-state index in [9.17, 15) is 9.59 Å². The fourth-order valence-corrected chi connectivity index (χ4v) is 2.84. The Bertz CT molecular complexity index is 776. The molecule has 3 rings (SSSR count). The molecule has 1 aliphatic rings. The third-order valence-electron chi connectivity index (χ3n) is 4.04. The second-order valence-corrected chi connectivity index (χ2v) is 5.68. The summed E-state index contributed by atoms with van der Waals surface area (Å²) < 4.78 is 10.9. The zero-order chi connectivity index (χ0) is 17.6. The van der Waals surface area contributed by atoms with Crippen LogP contribution in [0.25, 0.3) is 0 Å². The first kappa shape index (κ1) is 16.8. The molecule has 0 saturated heterocycles. The average molecular weight is 340 g/mol. The highest BCUT2D eigenvalue weighted by molar-refractivity contribution is 6.01. The van der Waals surface area contributed by atoms with Gasteiger partial charge in [-0.15, -0.1) is 0 Å². The Labute approximate surface area is 146 Å². The molecule has 1 aliphatic heterocycles. The highest BCUT2D eigenvalue weighted by Crippen LogP contribution is 2.32. The van der Waals surface area contributed by atoms with Crippen LogP contribution in [0.1, 0.15) is 17.9 Å². The lowest BCUT2D eigenvalue weighted by Crippen LogP contribution is -2.36. The van der Waals surface area contributed by atoms with Crippen molar-refractivity contribution in [2.45, 2.75) is 12.3 Å². The van der Waals surface area contributed by atoms with E-state index < -0.39 is 5.92 Å². The molecule has 0 saturated carbocycles. The summed E-state index contributed by atoms with van der Waals surface area (Å²) in [6.45, 7) is 0.657. The van der Waals surface area contributed by atoms with Gasteiger partial charge in [-0.25, -0.2) is 0 Å². The Hall–Kier alpha value is -3.02. The van der Waals surface area contributed by atoms with Crippen molar-refractivity contribution in [3.8, 4) is 11.5 Å². The number of hydrogen-bond acceptors (Lipinski definition) is 4. The molecule has 0 unspecified atom stereocenters. The molecule has 0 radical (unpaired) electrons. The second kappa shape index (κ2) is 7.70. The average Bonchev–Trinajstić information content (AvgIpc) is 2.64. The maximum atomic E-state index is 12.5. The molecule has 1 heterocycles. The zero-order valence-corrected chi connectivity index (χ0v) is 14.0. The lowest BCUT2D eigenvalue weighted by molar-refractivity contribution is -0.126. The Morgan fingerprint density at radius 2 is 1.88 bits per heavy atom. The summed E-state index contributed by atoms with van der Waals surface area (Å²) in [6, 6.07) is 14.7. The van der Waals surface area contributed by atoms with E-state index in [-0.39, 0.29) is 18.2 Å². The normalized spacial score (nSPS) is 15.7. The summed E-state index contributed by atoms with van der Waals surface area (Å²) in [5, 5.41) is 5.63. The number of para-hydroxylation sites is 3. The summed E-state index contributed by atoms with van der Waals surface area (Å²) in [4.78, 5) is 24.3. The van der Waals surface area contributed by atoms with Crippen LogP contribution in [0.5, 0.6) is 11.5 Å². The number of benzene rings is 2. The van der Waals surface area contributed by atoms with E-state index in [4.69, 9.17) is 9.47 Å². The first-order chi connectivity index (χ1) is 12.2. The molecule has 2 amide bonds. The van der Waals surface area contributed by atoms with Gasteiger partial charge in [0.2, 0.25) is 11.8 Å². The number of hydrogen-bond donors (Lipinski definition) is 2. The van der Waals surface area contributed by atoms with E-state index in [1.807, 2.05) is 42.5 Å². The number of anilines is 1. The fourth-order valence-electron chi connectivity index (χ4n) is 2.84. The van der Waals surface area contributed by atoms with Crippen LogP contribution in [0.2, 0.25) is 0 Å². The summed E-state index contributed by atoms with van der Waals surface area (Å²) in [5.74, 6) is 0.472. The van der Waals surface area contributed by atoms with Gasteiger partial charge in [0.15, 0.2) is 11.5 Å². The van der Waals surface area contributed by atoms with Crippen LogP contribution in [-0.4, -0.2) is 32.1 Å². The van der Waals surface area contributed by atoms with Crippen LogP contribution >= 0.6 is 0 Å². The standard InChI is InChI=1S/C19H20N2O4/c1-24-16-8-4-5-9-17(16)25-11-10-20-19(23)14-12-18(22)21-15-7-3-2-6-13(14)15/h2-9,14H,10-12H2,1H3,(H,20,23)(H,21,22)/t14-/m1/s1. The smallest absolute Gasteiger partial charge is 0.228 e. The van der Waals surface area contributed by atoms with Crippen LogP contribution in [0.4, 0.5) is 5.69 Å². The van der Waals surface area contributed by atoms with Crippen molar-refractivity contribution in [2.75, 3.05) is 25.6 Å². The maximum Gasteiger partial charge on any atom is 0.228 e. The van der Waals surface area contributed by atoms with E-state index in [0.29, 0.717) is 30.3 Å². The molecule has 25 heavy (non-hydrogen) atoms. The lowest BCUT2D eigenvalue weighted by Gasteiger charge is -2.24. The van der Waals surface area contributed by atoms with E-state index in [2.05, 4.69) is 10.6 Å². The largest absolute Gasteiger partial charge is 0.493 e. The van der Waals surface area contributed by atoms with Crippen molar-refractivity contribution >= 4 is 17.5 Å². The van der Waals surface area contributed by atoms with E-state index in [1.54, 1.807) is 13.2 Å². The number of carbonyl (C=O) groups is 2. The summed E-state index contributed by atoms with van der Waals surface area (Å²) in [5.41, 5.74) is 1.54. The predicted octanol–water partition coefficient (Wildman–Crippen LogP) is 2.32. The van der Waals surface area contributed by atoms with Crippen LogP contribution in [-0.2, 0) is 9.59 Å². The molecule has 6 heteroatoms. The van der Waals surface area contributed by atoms with Crippen molar-refractivity contribution in [1.82, 2.24) is 5.32 Å². The monoisotopic (exact) mass is 340 g/mol. The highest BCUT2D eigenvalue weighted by Gasteiger charge is 2.30. The van der Waals surface area contributed by atoms with Gasteiger partial charge in [-0.3, -0.25) is 9.59 Å². The molecule has 2 aromatic carbocycles. The van der Waals surface area contributed by atoms with Gasteiger partial charge in [0, 0.05) is 12.1 Å². The third kappa shape index (κ3) is 3.91. The molecule has 130 valence electrons. The van der Waals surface area contributed by atoms with Crippen molar-refractivity contribution < 1.29 is 19.1 Å². The molecule has 0 bridgehead atoms. The van der Waals surface area contributed by atoms with Crippen molar-refractivity contribution in [3.63, 3.8) is 0 Å². The van der Waals surface area contributed by atoms with Gasteiger partial charge in [-0.2, -0.15) is 0 Å². The second-order valence-electron chi connectivity index (χ2n) is 5.68. The van der Waals surface area contributed by atoms with Crippen molar-refractivity contribution in [2.24, 2.45) is 0 Å². The van der Waals surface area contributed by atoms with Crippen molar-refractivity contribution in [3.05, 3.63) is 54.1 Å². The summed E-state index contributed by atoms with van der Waals surface area (Å²) in [6.07, 6.45) is 0.149. The summed E-state index contributed by atoms with van der Waals surface area (Å²) in [7, 11) is 1.58. The van der Waals surface area contributed by atoms with Crippen LogP contribution < -0.4 is 20.1 Å². The quantitative estimate of drug-likeness (QED) is 0.791. The number of nitrogens with one attached hydrogen (secondary N) is 2. The van der Waals surface area contributed by atoms with Gasteiger partial charge >= 0.3 is 0 Å². The number of methoxy groups -OCH3 is 1. The molecule has 0 aliphatic carbocycles. The number of fused-ring (bicyclic) bond motifs is 1.